The first-order chi connectivity index (χ1) is 11.2. The Kier molecular flexibility index (Phi) is 3.67. The molecule has 1 saturated heterocycles. The minimum Gasteiger partial charge on any atom is -0.394 e. The van der Waals surface area contributed by atoms with Crippen molar-refractivity contribution in [3.05, 3.63) is 41.4 Å². The molecule has 0 aliphatic carbocycles. The number of aliphatic hydroxyl groups excluding tert-OH is 3. The van der Waals surface area contributed by atoms with Gasteiger partial charge in [0.1, 0.15) is 18.3 Å². The second kappa shape index (κ2) is 5.70. The van der Waals surface area contributed by atoms with Crippen molar-refractivity contribution in [3.8, 4) is 11.1 Å². The topological polar surface area (TPSA) is 87.7 Å². The molecule has 4 rings (SSSR count). The monoisotopic (exact) mass is 332 g/mol. The van der Waals surface area contributed by atoms with Crippen molar-refractivity contribution in [1.29, 1.82) is 0 Å². The number of imidazole rings is 1. The molecule has 7 heteroatoms. The van der Waals surface area contributed by atoms with Gasteiger partial charge in [0.05, 0.1) is 24.0 Å². The van der Waals surface area contributed by atoms with Gasteiger partial charge in [-0.2, -0.15) is 11.3 Å². The number of hydrogen-bond donors (Lipinski definition) is 3. The number of thiophene rings is 1. The standard InChI is InChI=1S/C16H16N2O4S/c19-6-13-14(20)15(21)16(22-13)18-8-17-11-5-9(1-2-12(11)18)10-3-4-23-7-10/h1-5,7-8,13-16,19-21H,6H2/t13-,14-,15-,16-/m1/s1. The predicted molar refractivity (Wildman–Crippen MR) is 86.1 cm³/mol. The first-order valence-corrected chi connectivity index (χ1v) is 8.25. The Labute approximate surface area is 136 Å². The van der Waals surface area contributed by atoms with Crippen LogP contribution in [0.15, 0.2) is 41.4 Å². The third-order valence-corrected chi connectivity index (χ3v) is 4.90. The van der Waals surface area contributed by atoms with Gasteiger partial charge in [-0.25, -0.2) is 4.98 Å². The van der Waals surface area contributed by atoms with Crippen LogP contribution in [0.3, 0.4) is 0 Å². The van der Waals surface area contributed by atoms with Crippen LogP contribution in [0.25, 0.3) is 22.2 Å². The third kappa shape index (κ3) is 2.37. The summed E-state index contributed by atoms with van der Waals surface area (Å²) >= 11 is 1.64. The van der Waals surface area contributed by atoms with Crippen LogP contribution in [0.4, 0.5) is 0 Å². The molecule has 120 valence electrons. The summed E-state index contributed by atoms with van der Waals surface area (Å²) in [6.07, 6.45) is -2.20. The largest absolute Gasteiger partial charge is 0.394 e. The molecule has 1 aromatic carbocycles. The second-order valence-electron chi connectivity index (χ2n) is 5.60. The number of aromatic nitrogens is 2. The Morgan fingerprint density at radius 1 is 1.17 bits per heavy atom. The number of aliphatic hydroxyl groups is 3. The van der Waals surface area contributed by atoms with Crippen LogP contribution in [0, 0.1) is 0 Å². The van der Waals surface area contributed by atoms with Crippen molar-refractivity contribution < 1.29 is 20.1 Å². The zero-order chi connectivity index (χ0) is 16.0. The minimum atomic E-state index is -1.12. The van der Waals surface area contributed by atoms with Gasteiger partial charge < -0.3 is 24.6 Å². The number of hydrogen-bond acceptors (Lipinski definition) is 6. The van der Waals surface area contributed by atoms with Crippen LogP contribution in [0.5, 0.6) is 0 Å². The summed E-state index contributed by atoms with van der Waals surface area (Å²) in [5.41, 5.74) is 3.80. The van der Waals surface area contributed by atoms with Crippen LogP contribution >= 0.6 is 11.3 Å². The quantitative estimate of drug-likeness (QED) is 0.674. The van der Waals surface area contributed by atoms with E-state index < -0.39 is 24.5 Å². The van der Waals surface area contributed by atoms with Crippen molar-refractivity contribution in [1.82, 2.24) is 9.55 Å². The summed E-state index contributed by atoms with van der Waals surface area (Å²) < 4.78 is 7.26. The number of rotatable bonds is 3. The highest BCUT2D eigenvalue weighted by molar-refractivity contribution is 7.08. The van der Waals surface area contributed by atoms with Gasteiger partial charge in [-0.3, -0.25) is 0 Å². The summed E-state index contributed by atoms with van der Waals surface area (Å²) in [6, 6.07) is 7.94. The fourth-order valence-corrected chi connectivity index (χ4v) is 3.62. The Hall–Kier alpha value is -1.77. The summed E-state index contributed by atoms with van der Waals surface area (Å²) in [7, 11) is 0. The predicted octanol–water partition coefficient (Wildman–Crippen LogP) is 1.38. The van der Waals surface area contributed by atoms with Crippen LogP contribution in [-0.4, -0.2) is 49.8 Å². The first kappa shape index (κ1) is 14.8. The fraction of sp³-hybridized carbons (Fsp3) is 0.312. The molecule has 3 aromatic rings. The van der Waals surface area contributed by atoms with E-state index in [9.17, 15) is 15.3 Å². The zero-order valence-electron chi connectivity index (χ0n) is 12.1. The normalized spacial score (nSPS) is 27.8. The van der Waals surface area contributed by atoms with Gasteiger partial charge in [-0.15, -0.1) is 0 Å². The average molecular weight is 332 g/mol. The van der Waals surface area contributed by atoms with Crippen LogP contribution in [0.2, 0.25) is 0 Å². The maximum absolute atomic E-state index is 10.2. The van der Waals surface area contributed by atoms with Crippen LogP contribution in [-0.2, 0) is 4.74 Å². The molecule has 2 aromatic heterocycles. The average Bonchev–Trinajstić information content (AvgIpc) is 3.28. The van der Waals surface area contributed by atoms with Gasteiger partial charge in [0.15, 0.2) is 6.23 Å². The molecule has 1 aliphatic rings. The van der Waals surface area contributed by atoms with E-state index in [-0.39, 0.29) is 6.61 Å². The lowest BCUT2D eigenvalue weighted by atomic mass is 10.1. The number of benzene rings is 1. The molecular weight excluding hydrogens is 316 g/mol. The molecule has 0 saturated carbocycles. The SMILES string of the molecule is OC[C@H]1O[C@@H](n2cnc3cc(-c4ccsc4)ccc32)[C@H](O)[C@@H]1O. The first-order valence-electron chi connectivity index (χ1n) is 7.30. The second-order valence-corrected chi connectivity index (χ2v) is 6.38. The van der Waals surface area contributed by atoms with E-state index in [1.807, 2.05) is 23.6 Å². The molecule has 0 unspecified atom stereocenters. The summed E-state index contributed by atoms with van der Waals surface area (Å²) in [5.74, 6) is 0. The molecule has 0 amide bonds. The Morgan fingerprint density at radius 3 is 2.74 bits per heavy atom. The van der Waals surface area contributed by atoms with Gasteiger partial charge in [-0.1, -0.05) is 6.07 Å². The Morgan fingerprint density at radius 2 is 2.04 bits per heavy atom. The molecule has 0 bridgehead atoms. The summed E-state index contributed by atoms with van der Waals surface area (Å²) in [5, 5.41) is 33.4. The number of ether oxygens (including phenoxy) is 1. The van der Waals surface area contributed by atoms with E-state index in [4.69, 9.17) is 4.74 Å². The molecule has 23 heavy (non-hydrogen) atoms. The molecule has 1 fully saturated rings. The van der Waals surface area contributed by atoms with Gasteiger partial charge in [0, 0.05) is 0 Å². The third-order valence-electron chi connectivity index (χ3n) is 4.22. The van der Waals surface area contributed by atoms with E-state index in [0.29, 0.717) is 0 Å². The molecule has 0 spiro atoms. The van der Waals surface area contributed by atoms with Gasteiger partial charge >= 0.3 is 0 Å². The summed E-state index contributed by atoms with van der Waals surface area (Å²) in [4.78, 5) is 4.38. The molecule has 3 N–H and O–H groups in total. The van der Waals surface area contributed by atoms with Crippen LogP contribution in [0.1, 0.15) is 6.23 Å². The van der Waals surface area contributed by atoms with E-state index >= 15 is 0 Å². The van der Waals surface area contributed by atoms with Crippen molar-refractivity contribution in [2.45, 2.75) is 24.5 Å². The van der Waals surface area contributed by atoms with Crippen molar-refractivity contribution in [2.75, 3.05) is 6.61 Å². The van der Waals surface area contributed by atoms with E-state index in [1.165, 1.54) is 0 Å². The highest BCUT2D eigenvalue weighted by Gasteiger charge is 2.43. The Balaban J connectivity index is 1.72. The fourth-order valence-electron chi connectivity index (χ4n) is 2.95. The molecule has 3 heterocycles. The van der Waals surface area contributed by atoms with Gasteiger partial charge in [0.2, 0.25) is 0 Å². The maximum Gasteiger partial charge on any atom is 0.164 e. The zero-order valence-corrected chi connectivity index (χ0v) is 12.9. The molecular formula is C16H16N2O4S. The number of nitrogens with zero attached hydrogens (tertiary/aromatic N) is 2. The highest BCUT2D eigenvalue weighted by atomic mass is 32.1. The lowest BCUT2D eigenvalue weighted by molar-refractivity contribution is -0.0508. The van der Waals surface area contributed by atoms with E-state index in [1.54, 1.807) is 22.2 Å². The Bertz CT molecular complexity index is 817. The van der Waals surface area contributed by atoms with Gasteiger partial charge in [-0.05, 0) is 40.1 Å². The molecule has 6 nitrogen and oxygen atoms in total. The highest BCUT2D eigenvalue weighted by Crippen LogP contribution is 2.33. The van der Waals surface area contributed by atoms with E-state index in [0.717, 1.165) is 22.2 Å². The maximum atomic E-state index is 10.2. The molecule has 0 radical (unpaired) electrons. The summed E-state index contributed by atoms with van der Waals surface area (Å²) in [6.45, 7) is -0.344. The van der Waals surface area contributed by atoms with Crippen LogP contribution < -0.4 is 0 Å². The molecule has 1 aliphatic heterocycles. The smallest absolute Gasteiger partial charge is 0.164 e. The van der Waals surface area contributed by atoms with Crippen molar-refractivity contribution in [2.24, 2.45) is 0 Å². The number of fused-ring (bicyclic) bond motifs is 1. The van der Waals surface area contributed by atoms with Crippen molar-refractivity contribution in [3.63, 3.8) is 0 Å². The lowest BCUT2D eigenvalue weighted by Gasteiger charge is -2.17. The molecule has 4 atom stereocenters. The minimum absolute atomic E-state index is 0.344. The van der Waals surface area contributed by atoms with Gasteiger partial charge in [0.25, 0.3) is 0 Å². The van der Waals surface area contributed by atoms with E-state index in [2.05, 4.69) is 16.4 Å². The van der Waals surface area contributed by atoms with Crippen molar-refractivity contribution >= 4 is 22.4 Å². The lowest BCUT2D eigenvalue weighted by Crippen LogP contribution is -2.33.